The standard InChI is InChI=1S/C8H7N3OS/c9-8-11-10-7(13-8)4-3-6-2-1-5-12-6/h1-5H,(H2,9,11)/b4-3+. The Morgan fingerprint density at radius 1 is 1.38 bits per heavy atom. The van der Waals surface area contributed by atoms with E-state index < -0.39 is 0 Å². The lowest BCUT2D eigenvalue weighted by Crippen LogP contribution is -1.79. The molecule has 0 amide bonds. The lowest BCUT2D eigenvalue weighted by molar-refractivity contribution is 0.557. The van der Waals surface area contributed by atoms with Crippen LogP contribution in [0.25, 0.3) is 12.2 Å². The van der Waals surface area contributed by atoms with Gasteiger partial charge in [-0.15, -0.1) is 10.2 Å². The number of hydrogen-bond donors (Lipinski definition) is 1. The fourth-order valence-corrected chi connectivity index (χ4v) is 1.37. The van der Waals surface area contributed by atoms with Gasteiger partial charge in [-0.25, -0.2) is 0 Å². The van der Waals surface area contributed by atoms with Crippen molar-refractivity contribution in [3.05, 3.63) is 29.2 Å². The van der Waals surface area contributed by atoms with E-state index in [0.717, 1.165) is 10.8 Å². The predicted octanol–water partition coefficient (Wildman–Crippen LogP) is 1.88. The second-order valence-electron chi connectivity index (χ2n) is 2.33. The third-order valence-corrected chi connectivity index (χ3v) is 2.11. The van der Waals surface area contributed by atoms with Gasteiger partial charge in [-0.3, -0.25) is 0 Å². The lowest BCUT2D eigenvalue weighted by Gasteiger charge is -1.80. The molecule has 0 saturated carbocycles. The van der Waals surface area contributed by atoms with Crippen LogP contribution in [0.5, 0.6) is 0 Å². The maximum absolute atomic E-state index is 5.42. The first kappa shape index (κ1) is 8.00. The van der Waals surface area contributed by atoms with Crippen LogP contribution >= 0.6 is 11.3 Å². The number of nitrogens with zero attached hydrogens (tertiary/aromatic N) is 2. The molecule has 0 spiro atoms. The molecule has 0 aromatic carbocycles. The van der Waals surface area contributed by atoms with Gasteiger partial charge < -0.3 is 10.2 Å². The first-order chi connectivity index (χ1) is 6.34. The van der Waals surface area contributed by atoms with Crippen LogP contribution in [0.2, 0.25) is 0 Å². The van der Waals surface area contributed by atoms with Gasteiger partial charge in [0.05, 0.1) is 6.26 Å². The largest absolute Gasteiger partial charge is 0.465 e. The van der Waals surface area contributed by atoms with Crippen molar-refractivity contribution in [3.8, 4) is 0 Å². The molecule has 0 unspecified atom stereocenters. The second-order valence-corrected chi connectivity index (χ2v) is 3.37. The van der Waals surface area contributed by atoms with Crippen molar-refractivity contribution in [1.82, 2.24) is 10.2 Å². The van der Waals surface area contributed by atoms with E-state index in [2.05, 4.69) is 10.2 Å². The molecule has 0 aliphatic carbocycles. The minimum atomic E-state index is 0.471. The van der Waals surface area contributed by atoms with Crippen LogP contribution in [0.15, 0.2) is 22.8 Å². The molecule has 2 heterocycles. The van der Waals surface area contributed by atoms with Gasteiger partial charge in [0.2, 0.25) is 5.13 Å². The second kappa shape index (κ2) is 3.40. The van der Waals surface area contributed by atoms with Gasteiger partial charge in [-0.2, -0.15) is 0 Å². The van der Waals surface area contributed by atoms with Crippen molar-refractivity contribution in [3.63, 3.8) is 0 Å². The summed E-state index contributed by atoms with van der Waals surface area (Å²) < 4.78 is 5.10. The quantitative estimate of drug-likeness (QED) is 0.790. The number of nitrogen functional groups attached to an aromatic ring is 1. The van der Waals surface area contributed by atoms with Gasteiger partial charge in [0, 0.05) is 0 Å². The molecule has 0 aliphatic heterocycles. The Morgan fingerprint density at radius 3 is 2.92 bits per heavy atom. The Labute approximate surface area is 78.7 Å². The molecule has 0 radical (unpaired) electrons. The Hall–Kier alpha value is -1.62. The number of anilines is 1. The van der Waals surface area contributed by atoms with Gasteiger partial charge in [0.1, 0.15) is 10.8 Å². The normalized spacial score (nSPS) is 11.1. The van der Waals surface area contributed by atoms with E-state index in [-0.39, 0.29) is 0 Å². The third-order valence-electron chi connectivity index (χ3n) is 1.39. The molecule has 13 heavy (non-hydrogen) atoms. The van der Waals surface area contributed by atoms with Gasteiger partial charge in [0.25, 0.3) is 0 Å². The Kier molecular flexibility index (Phi) is 2.09. The fourth-order valence-electron chi connectivity index (χ4n) is 0.853. The van der Waals surface area contributed by atoms with Crippen molar-refractivity contribution < 1.29 is 4.42 Å². The monoisotopic (exact) mass is 193 g/mol. The van der Waals surface area contributed by atoms with E-state index in [1.54, 1.807) is 6.26 Å². The van der Waals surface area contributed by atoms with E-state index >= 15 is 0 Å². The number of rotatable bonds is 2. The fraction of sp³-hybridized carbons (Fsp3) is 0. The van der Waals surface area contributed by atoms with Gasteiger partial charge in [-0.05, 0) is 24.3 Å². The average Bonchev–Trinajstić information content (AvgIpc) is 2.71. The number of nitrogens with two attached hydrogens (primary N) is 1. The Morgan fingerprint density at radius 2 is 2.31 bits per heavy atom. The first-order valence-electron chi connectivity index (χ1n) is 3.65. The van der Waals surface area contributed by atoms with Gasteiger partial charge in [0.15, 0.2) is 0 Å². The van der Waals surface area contributed by atoms with Crippen molar-refractivity contribution in [1.29, 1.82) is 0 Å². The maximum Gasteiger partial charge on any atom is 0.203 e. The van der Waals surface area contributed by atoms with Crippen molar-refractivity contribution >= 4 is 28.6 Å². The summed E-state index contributed by atoms with van der Waals surface area (Å²) in [5.74, 6) is 0.786. The van der Waals surface area contributed by atoms with Crippen LogP contribution in [0, 0.1) is 0 Å². The highest BCUT2D eigenvalue weighted by molar-refractivity contribution is 7.15. The summed E-state index contributed by atoms with van der Waals surface area (Å²) in [6.45, 7) is 0. The van der Waals surface area contributed by atoms with Crippen molar-refractivity contribution in [2.45, 2.75) is 0 Å². The van der Waals surface area contributed by atoms with E-state index in [0.29, 0.717) is 5.13 Å². The topological polar surface area (TPSA) is 64.9 Å². The van der Waals surface area contributed by atoms with Crippen LogP contribution in [0.1, 0.15) is 10.8 Å². The van der Waals surface area contributed by atoms with Gasteiger partial charge >= 0.3 is 0 Å². The van der Waals surface area contributed by atoms with E-state index in [1.807, 2.05) is 24.3 Å². The van der Waals surface area contributed by atoms with E-state index in [9.17, 15) is 0 Å². The molecule has 0 fully saturated rings. The Bertz CT molecular complexity index is 405. The highest BCUT2D eigenvalue weighted by Gasteiger charge is 1.95. The molecule has 2 N–H and O–H groups in total. The molecular weight excluding hydrogens is 186 g/mol. The first-order valence-corrected chi connectivity index (χ1v) is 4.47. The SMILES string of the molecule is Nc1nnc(/C=C/c2ccco2)s1. The molecule has 0 bridgehead atoms. The zero-order valence-electron chi connectivity index (χ0n) is 6.68. The average molecular weight is 193 g/mol. The van der Waals surface area contributed by atoms with Gasteiger partial charge in [-0.1, -0.05) is 11.3 Å². The lowest BCUT2D eigenvalue weighted by atomic mass is 10.4. The van der Waals surface area contributed by atoms with Crippen LogP contribution in [-0.4, -0.2) is 10.2 Å². The Balaban J connectivity index is 2.14. The molecule has 0 aliphatic rings. The smallest absolute Gasteiger partial charge is 0.203 e. The summed E-state index contributed by atoms with van der Waals surface area (Å²) in [6, 6.07) is 3.69. The van der Waals surface area contributed by atoms with E-state index in [4.69, 9.17) is 10.2 Å². The summed E-state index contributed by atoms with van der Waals surface area (Å²) in [6.07, 6.45) is 5.25. The molecule has 4 nitrogen and oxygen atoms in total. The zero-order valence-corrected chi connectivity index (χ0v) is 7.49. The molecule has 5 heteroatoms. The van der Waals surface area contributed by atoms with Crippen LogP contribution in [0.3, 0.4) is 0 Å². The molecule has 0 saturated heterocycles. The molecule has 2 rings (SSSR count). The minimum absolute atomic E-state index is 0.471. The number of aromatic nitrogens is 2. The molecule has 0 atom stereocenters. The third kappa shape index (κ3) is 1.94. The van der Waals surface area contributed by atoms with Crippen molar-refractivity contribution in [2.24, 2.45) is 0 Å². The van der Waals surface area contributed by atoms with Crippen LogP contribution in [-0.2, 0) is 0 Å². The number of hydrogen-bond acceptors (Lipinski definition) is 5. The van der Waals surface area contributed by atoms with Crippen LogP contribution < -0.4 is 5.73 Å². The summed E-state index contributed by atoms with van der Waals surface area (Å²) >= 11 is 1.34. The molecule has 2 aromatic rings. The summed E-state index contributed by atoms with van der Waals surface area (Å²) in [7, 11) is 0. The van der Waals surface area contributed by atoms with Crippen LogP contribution in [0.4, 0.5) is 5.13 Å². The summed E-state index contributed by atoms with van der Waals surface area (Å²) in [5, 5.41) is 8.75. The number of furan rings is 1. The maximum atomic E-state index is 5.42. The molecule has 66 valence electrons. The predicted molar refractivity (Wildman–Crippen MR) is 52.0 cm³/mol. The van der Waals surface area contributed by atoms with E-state index in [1.165, 1.54) is 11.3 Å². The minimum Gasteiger partial charge on any atom is -0.465 e. The highest BCUT2D eigenvalue weighted by atomic mass is 32.1. The molecular formula is C8H7N3OS. The molecule has 2 aromatic heterocycles. The van der Waals surface area contributed by atoms with Crippen molar-refractivity contribution in [2.75, 3.05) is 5.73 Å². The zero-order chi connectivity index (χ0) is 9.10. The highest BCUT2D eigenvalue weighted by Crippen LogP contribution is 2.14. The summed E-state index contributed by atoms with van der Waals surface area (Å²) in [4.78, 5) is 0. The summed E-state index contributed by atoms with van der Waals surface area (Å²) in [5.41, 5.74) is 5.42.